The van der Waals surface area contributed by atoms with Gasteiger partial charge in [0.25, 0.3) is 5.91 Å². The van der Waals surface area contributed by atoms with Crippen LogP contribution in [0.5, 0.6) is 5.75 Å². The number of carbonyl (C=O) groups is 1. The van der Waals surface area contributed by atoms with Crippen molar-refractivity contribution in [3.63, 3.8) is 0 Å². The van der Waals surface area contributed by atoms with E-state index in [1.807, 2.05) is 5.38 Å². The highest BCUT2D eigenvalue weighted by Crippen LogP contribution is 2.19. The van der Waals surface area contributed by atoms with Gasteiger partial charge in [0.2, 0.25) is 0 Å². The van der Waals surface area contributed by atoms with Crippen molar-refractivity contribution in [1.29, 1.82) is 0 Å². The van der Waals surface area contributed by atoms with Crippen molar-refractivity contribution in [2.75, 3.05) is 37.7 Å². The molecule has 23 heavy (non-hydrogen) atoms. The molecule has 122 valence electrons. The van der Waals surface area contributed by atoms with Crippen molar-refractivity contribution in [2.24, 2.45) is 0 Å². The molecule has 2 aromatic rings. The number of hydrogen-bond donors (Lipinski definition) is 0. The Labute approximate surface area is 138 Å². The van der Waals surface area contributed by atoms with Gasteiger partial charge in [0, 0.05) is 37.8 Å². The van der Waals surface area contributed by atoms with E-state index in [0.29, 0.717) is 13.1 Å². The highest BCUT2D eigenvalue weighted by atomic mass is 32.1. The Bertz CT molecular complexity index is 651. The molecule has 0 atom stereocenters. The number of amides is 1. The lowest BCUT2D eigenvalue weighted by atomic mass is 10.3. The Morgan fingerprint density at radius 2 is 2.13 bits per heavy atom. The van der Waals surface area contributed by atoms with E-state index in [1.54, 1.807) is 34.6 Å². The number of carbonyl (C=O) groups excluding carboxylic acids is 1. The zero-order chi connectivity index (χ0) is 16.1. The van der Waals surface area contributed by atoms with Crippen molar-refractivity contribution in [3.05, 3.63) is 41.7 Å². The molecule has 0 N–H and O–H groups in total. The number of ether oxygens (including phenoxy) is 1. The number of benzene rings is 1. The zero-order valence-corrected chi connectivity index (χ0v) is 13.5. The van der Waals surface area contributed by atoms with Crippen molar-refractivity contribution in [2.45, 2.75) is 6.42 Å². The van der Waals surface area contributed by atoms with Gasteiger partial charge >= 0.3 is 0 Å². The fourth-order valence-corrected chi connectivity index (χ4v) is 3.22. The number of rotatable bonds is 4. The molecule has 0 bridgehead atoms. The van der Waals surface area contributed by atoms with Crippen molar-refractivity contribution in [1.82, 2.24) is 9.88 Å². The van der Waals surface area contributed by atoms with Gasteiger partial charge in [-0.25, -0.2) is 9.37 Å². The second kappa shape index (κ2) is 7.41. The molecule has 0 spiro atoms. The van der Waals surface area contributed by atoms with Gasteiger partial charge in [-0.05, 0) is 18.6 Å². The first kappa shape index (κ1) is 15.7. The van der Waals surface area contributed by atoms with Gasteiger partial charge in [0.1, 0.15) is 0 Å². The second-order valence-electron chi connectivity index (χ2n) is 5.26. The molecule has 0 aliphatic carbocycles. The molecular weight excluding hydrogens is 317 g/mol. The van der Waals surface area contributed by atoms with E-state index in [0.717, 1.165) is 24.6 Å². The largest absolute Gasteiger partial charge is 0.481 e. The third kappa shape index (κ3) is 3.98. The number of anilines is 1. The Balaban J connectivity index is 1.53. The van der Waals surface area contributed by atoms with Gasteiger partial charge in [-0.3, -0.25) is 4.79 Å². The molecule has 1 aliphatic heterocycles. The molecule has 7 heteroatoms. The smallest absolute Gasteiger partial charge is 0.260 e. The Hall–Kier alpha value is -2.15. The predicted octanol–water partition coefficient (Wildman–Crippen LogP) is 2.40. The highest BCUT2D eigenvalue weighted by molar-refractivity contribution is 7.13. The number of aromatic nitrogens is 1. The molecular formula is C16H18FN3O2S. The summed E-state index contributed by atoms with van der Waals surface area (Å²) >= 11 is 1.60. The topological polar surface area (TPSA) is 45.7 Å². The minimum absolute atomic E-state index is 0.111. The van der Waals surface area contributed by atoms with Crippen molar-refractivity contribution in [3.8, 4) is 5.75 Å². The molecule has 1 saturated heterocycles. The van der Waals surface area contributed by atoms with E-state index < -0.39 is 5.82 Å². The van der Waals surface area contributed by atoms with Crippen LogP contribution in [0.1, 0.15) is 6.42 Å². The normalized spacial score (nSPS) is 15.3. The van der Waals surface area contributed by atoms with E-state index >= 15 is 0 Å². The van der Waals surface area contributed by atoms with Crippen LogP contribution in [0, 0.1) is 5.82 Å². The van der Waals surface area contributed by atoms with Crippen LogP contribution in [-0.4, -0.2) is 48.6 Å². The third-order valence-electron chi connectivity index (χ3n) is 3.73. The Morgan fingerprint density at radius 1 is 1.26 bits per heavy atom. The standard InChI is InChI=1S/C16H18FN3O2S/c17-13-4-1-2-5-14(13)22-12-15(21)19-7-3-8-20(10-9-19)16-18-6-11-23-16/h1-2,4-6,11H,3,7-10,12H2. The first-order chi connectivity index (χ1) is 11.2. The lowest BCUT2D eigenvalue weighted by Gasteiger charge is -2.21. The number of para-hydroxylation sites is 1. The molecule has 2 heterocycles. The lowest BCUT2D eigenvalue weighted by Crippen LogP contribution is -2.38. The Morgan fingerprint density at radius 3 is 2.91 bits per heavy atom. The van der Waals surface area contributed by atoms with E-state index in [1.165, 1.54) is 12.1 Å². The SMILES string of the molecule is O=C(COc1ccccc1F)N1CCCN(c2nccs2)CC1. The second-order valence-corrected chi connectivity index (χ2v) is 6.13. The van der Waals surface area contributed by atoms with Gasteiger partial charge in [0.15, 0.2) is 23.3 Å². The van der Waals surface area contributed by atoms with Gasteiger partial charge in [-0.1, -0.05) is 12.1 Å². The number of nitrogens with zero attached hydrogens (tertiary/aromatic N) is 3. The lowest BCUT2D eigenvalue weighted by molar-refractivity contribution is -0.133. The van der Waals surface area contributed by atoms with Gasteiger partial charge in [0.05, 0.1) is 0 Å². The summed E-state index contributed by atoms with van der Waals surface area (Å²) in [5, 5.41) is 2.94. The summed E-state index contributed by atoms with van der Waals surface area (Å²) in [6.07, 6.45) is 2.67. The van der Waals surface area contributed by atoms with Crippen LogP contribution >= 0.6 is 11.3 Å². The first-order valence-corrected chi connectivity index (χ1v) is 8.41. The summed E-state index contributed by atoms with van der Waals surface area (Å²) in [6.45, 7) is 2.79. The van der Waals surface area contributed by atoms with Gasteiger partial charge < -0.3 is 14.5 Å². The summed E-state index contributed by atoms with van der Waals surface area (Å²) in [4.78, 5) is 20.5. The van der Waals surface area contributed by atoms with E-state index in [4.69, 9.17) is 4.74 Å². The number of halogens is 1. The van der Waals surface area contributed by atoms with Crippen molar-refractivity contribution >= 4 is 22.4 Å². The average Bonchev–Trinajstić information content (AvgIpc) is 2.98. The quantitative estimate of drug-likeness (QED) is 0.861. The monoisotopic (exact) mass is 335 g/mol. The van der Waals surface area contributed by atoms with Gasteiger partial charge in [-0.15, -0.1) is 11.3 Å². The van der Waals surface area contributed by atoms with Crippen LogP contribution in [0.4, 0.5) is 9.52 Å². The highest BCUT2D eigenvalue weighted by Gasteiger charge is 2.20. The van der Waals surface area contributed by atoms with Gasteiger partial charge in [-0.2, -0.15) is 0 Å². The number of thiazole rings is 1. The molecule has 1 aliphatic rings. The zero-order valence-electron chi connectivity index (χ0n) is 12.7. The minimum Gasteiger partial charge on any atom is -0.481 e. The maximum atomic E-state index is 13.5. The van der Waals surface area contributed by atoms with Crippen LogP contribution in [0.15, 0.2) is 35.8 Å². The molecule has 0 radical (unpaired) electrons. The van der Waals surface area contributed by atoms with Crippen LogP contribution in [0.3, 0.4) is 0 Å². The Kier molecular flexibility index (Phi) is 5.07. The summed E-state index contributed by atoms with van der Waals surface area (Å²) in [7, 11) is 0. The molecule has 0 unspecified atom stereocenters. The molecule has 1 fully saturated rings. The van der Waals surface area contributed by atoms with Crippen molar-refractivity contribution < 1.29 is 13.9 Å². The fourth-order valence-electron chi connectivity index (χ4n) is 2.52. The number of hydrogen-bond acceptors (Lipinski definition) is 5. The fraction of sp³-hybridized carbons (Fsp3) is 0.375. The van der Waals surface area contributed by atoms with E-state index in [2.05, 4.69) is 9.88 Å². The summed E-state index contributed by atoms with van der Waals surface area (Å²) in [5.74, 6) is -0.458. The molecule has 3 rings (SSSR count). The molecule has 1 aromatic heterocycles. The molecule has 0 saturated carbocycles. The van der Waals surface area contributed by atoms with E-state index in [-0.39, 0.29) is 18.3 Å². The minimum atomic E-state index is -0.453. The average molecular weight is 335 g/mol. The predicted molar refractivity (Wildman–Crippen MR) is 87.4 cm³/mol. The summed E-state index contributed by atoms with van der Waals surface area (Å²) in [5.41, 5.74) is 0. The van der Waals surface area contributed by atoms with Crippen LogP contribution < -0.4 is 9.64 Å². The maximum absolute atomic E-state index is 13.5. The summed E-state index contributed by atoms with van der Waals surface area (Å²) in [6, 6.07) is 6.11. The van der Waals surface area contributed by atoms with Crippen LogP contribution in [0.25, 0.3) is 0 Å². The van der Waals surface area contributed by atoms with E-state index in [9.17, 15) is 9.18 Å². The molecule has 5 nitrogen and oxygen atoms in total. The molecule has 1 amide bonds. The first-order valence-electron chi connectivity index (χ1n) is 7.53. The van der Waals surface area contributed by atoms with Crippen LogP contribution in [0.2, 0.25) is 0 Å². The maximum Gasteiger partial charge on any atom is 0.260 e. The van der Waals surface area contributed by atoms with Crippen LogP contribution in [-0.2, 0) is 4.79 Å². The third-order valence-corrected chi connectivity index (χ3v) is 4.56. The summed E-state index contributed by atoms with van der Waals surface area (Å²) < 4.78 is 18.8. The molecule has 1 aromatic carbocycles.